The highest BCUT2D eigenvalue weighted by atomic mass is 19.1. The van der Waals surface area contributed by atoms with Crippen LogP contribution in [0.5, 0.6) is 0 Å². The standard InChI is InChI=1S/C14H19FO/c1-9(2)11(4)14(16)8-12-7-13(15)6-5-10(12)3/h5-7,9,11H,8H2,1-4H3. The normalized spacial score (nSPS) is 12.9. The molecule has 1 aromatic rings. The Bertz CT molecular complexity index is 382. The molecule has 1 aromatic carbocycles. The largest absolute Gasteiger partial charge is 0.299 e. The Kier molecular flexibility index (Phi) is 4.22. The molecule has 0 heterocycles. The molecule has 0 fully saturated rings. The summed E-state index contributed by atoms with van der Waals surface area (Å²) in [5, 5.41) is 0. The molecule has 0 bridgehead atoms. The van der Waals surface area contributed by atoms with Crippen molar-refractivity contribution in [2.45, 2.75) is 34.1 Å². The highest BCUT2D eigenvalue weighted by Gasteiger charge is 2.17. The maximum absolute atomic E-state index is 13.0. The van der Waals surface area contributed by atoms with Gasteiger partial charge in [-0.1, -0.05) is 26.8 Å². The van der Waals surface area contributed by atoms with Crippen molar-refractivity contribution in [3.8, 4) is 0 Å². The zero-order valence-corrected chi connectivity index (χ0v) is 10.4. The van der Waals surface area contributed by atoms with Gasteiger partial charge in [-0.15, -0.1) is 0 Å². The Morgan fingerprint density at radius 2 is 1.94 bits per heavy atom. The zero-order chi connectivity index (χ0) is 12.3. The van der Waals surface area contributed by atoms with Gasteiger partial charge in [0.25, 0.3) is 0 Å². The van der Waals surface area contributed by atoms with Crippen molar-refractivity contribution in [1.82, 2.24) is 0 Å². The quantitative estimate of drug-likeness (QED) is 0.761. The lowest BCUT2D eigenvalue weighted by molar-refractivity contribution is -0.122. The number of carbonyl (C=O) groups is 1. The Labute approximate surface area is 96.7 Å². The van der Waals surface area contributed by atoms with Gasteiger partial charge in [0.05, 0.1) is 0 Å². The van der Waals surface area contributed by atoms with Gasteiger partial charge in [-0.3, -0.25) is 4.79 Å². The van der Waals surface area contributed by atoms with E-state index in [1.54, 1.807) is 6.07 Å². The van der Waals surface area contributed by atoms with E-state index in [1.165, 1.54) is 12.1 Å². The van der Waals surface area contributed by atoms with Crippen LogP contribution in [0.3, 0.4) is 0 Å². The van der Waals surface area contributed by atoms with E-state index in [2.05, 4.69) is 0 Å². The van der Waals surface area contributed by atoms with E-state index in [0.717, 1.165) is 11.1 Å². The minimum Gasteiger partial charge on any atom is -0.299 e. The molecule has 0 N–H and O–H groups in total. The molecule has 0 spiro atoms. The Balaban J connectivity index is 2.80. The summed E-state index contributed by atoms with van der Waals surface area (Å²) >= 11 is 0. The molecule has 0 aliphatic rings. The molecule has 0 aromatic heterocycles. The lowest BCUT2D eigenvalue weighted by Crippen LogP contribution is -2.19. The summed E-state index contributed by atoms with van der Waals surface area (Å²) in [7, 11) is 0. The predicted octanol–water partition coefficient (Wildman–Crippen LogP) is 3.54. The molecule has 2 heteroatoms. The average Bonchev–Trinajstić information content (AvgIpc) is 2.22. The van der Waals surface area contributed by atoms with Crippen LogP contribution < -0.4 is 0 Å². The first-order chi connectivity index (χ1) is 7.41. The first kappa shape index (κ1) is 12.9. The maximum Gasteiger partial charge on any atom is 0.140 e. The van der Waals surface area contributed by atoms with Gasteiger partial charge in [-0.05, 0) is 36.1 Å². The molecule has 1 atom stereocenters. The third-order valence-corrected chi connectivity index (χ3v) is 3.18. The van der Waals surface area contributed by atoms with Crippen LogP contribution in [0.25, 0.3) is 0 Å². The van der Waals surface area contributed by atoms with Gasteiger partial charge >= 0.3 is 0 Å². The number of hydrogen-bond donors (Lipinski definition) is 0. The number of ketones is 1. The fourth-order valence-corrected chi connectivity index (χ4v) is 1.55. The molecule has 0 radical (unpaired) electrons. The molecule has 88 valence electrons. The second-order valence-electron chi connectivity index (χ2n) is 4.75. The lowest BCUT2D eigenvalue weighted by Gasteiger charge is -2.14. The van der Waals surface area contributed by atoms with E-state index >= 15 is 0 Å². The van der Waals surface area contributed by atoms with E-state index in [-0.39, 0.29) is 17.5 Å². The van der Waals surface area contributed by atoms with Gasteiger partial charge in [0.1, 0.15) is 11.6 Å². The van der Waals surface area contributed by atoms with Crippen molar-refractivity contribution < 1.29 is 9.18 Å². The third-order valence-electron chi connectivity index (χ3n) is 3.18. The minimum atomic E-state index is -0.273. The van der Waals surface area contributed by atoms with Crippen molar-refractivity contribution in [2.24, 2.45) is 11.8 Å². The van der Waals surface area contributed by atoms with Crippen molar-refractivity contribution in [2.75, 3.05) is 0 Å². The second-order valence-corrected chi connectivity index (χ2v) is 4.75. The van der Waals surface area contributed by atoms with E-state index < -0.39 is 0 Å². The summed E-state index contributed by atoms with van der Waals surface area (Å²) in [5.41, 5.74) is 1.78. The summed E-state index contributed by atoms with van der Waals surface area (Å²) < 4.78 is 13.0. The van der Waals surface area contributed by atoms with Crippen LogP contribution in [0.15, 0.2) is 18.2 Å². The zero-order valence-electron chi connectivity index (χ0n) is 10.4. The van der Waals surface area contributed by atoms with E-state index in [0.29, 0.717) is 12.3 Å². The van der Waals surface area contributed by atoms with E-state index in [9.17, 15) is 9.18 Å². The molecule has 1 nitrogen and oxygen atoms in total. The van der Waals surface area contributed by atoms with Crippen LogP contribution in [0.4, 0.5) is 4.39 Å². The fraction of sp³-hybridized carbons (Fsp3) is 0.500. The van der Waals surface area contributed by atoms with Crippen molar-refractivity contribution in [1.29, 1.82) is 0 Å². The van der Waals surface area contributed by atoms with E-state index in [4.69, 9.17) is 0 Å². The third kappa shape index (κ3) is 3.16. The fourth-order valence-electron chi connectivity index (χ4n) is 1.55. The van der Waals surface area contributed by atoms with Gasteiger partial charge in [-0.25, -0.2) is 4.39 Å². The smallest absolute Gasteiger partial charge is 0.140 e. The first-order valence-electron chi connectivity index (χ1n) is 5.69. The lowest BCUT2D eigenvalue weighted by atomic mass is 9.89. The van der Waals surface area contributed by atoms with Gasteiger partial charge < -0.3 is 0 Å². The van der Waals surface area contributed by atoms with Gasteiger partial charge in [0, 0.05) is 12.3 Å². The highest BCUT2D eigenvalue weighted by molar-refractivity contribution is 5.83. The second kappa shape index (κ2) is 5.24. The molecular formula is C14H19FO. The van der Waals surface area contributed by atoms with Gasteiger partial charge in [-0.2, -0.15) is 0 Å². The number of aryl methyl sites for hydroxylation is 1. The van der Waals surface area contributed by atoms with Crippen LogP contribution >= 0.6 is 0 Å². The number of Topliss-reactive ketones (excluding diaryl/α,β-unsaturated/α-hetero) is 1. The molecule has 0 saturated carbocycles. The summed E-state index contributed by atoms with van der Waals surface area (Å²) in [6.07, 6.45) is 0.336. The molecule has 0 amide bonds. The van der Waals surface area contributed by atoms with Crippen molar-refractivity contribution >= 4 is 5.78 Å². The van der Waals surface area contributed by atoms with Gasteiger partial charge in [0.2, 0.25) is 0 Å². The highest BCUT2D eigenvalue weighted by Crippen LogP contribution is 2.17. The summed E-state index contributed by atoms with van der Waals surface area (Å²) in [5.74, 6) is 0.276. The SMILES string of the molecule is Cc1ccc(F)cc1CC(=O)C(C)C(C)C. The van der Waals surface area contributed by atoms with Crippen LogP contribution in [-0.2, 0) is 11.2 Å². The molecule has 0 aliphatic heterocycles. The van der Waals surface area contributed by atoms with Crippen LogP contribution in [-0.4, -0.2) is 5.78 Å². The Morgan fingerprint density at radius 3 is 2.50 bits per heavy atom. The molecule has 0 aliphatic carbocycles. The topological polar surface area (TPSA) is 17.1 Å². The van der Waals surface area contributed by atoms with Crippen LogP contribution in [0.2, 0.25) is 0 Å². The number of carbonyl (C=O) groups excluding carboxylic acids is 1. The van der Waals surface area contributed by atoms with E-state index in [1.807, 2.05) is 27.7 Å². The Morgan fingerprint density at radius 1 is 1.31 bits per heavy atom. The van der Waals surface area contributed by atoms with Crippen molar-refractivity contribution in [3.63, 3.8) is 0 Å². The number of benzene rings is 1. The minimum absolute atomic E-state index is 0.0302. The molecule has 16 heavy (non-hydrogen) atoms. The molecular weight excluding hydrogens is 203 g/mol. The molecule has 0 saturated heterocycles. The number of rotatable bonds is 4. The summed E-state index contributed by atoms with van der Waals surface area (Å²) in [6.45, 7) is 7.89. The predicted molar refractivity (Wildman–Crippen MR) is 63.9 cm³/mol. The molecule has 1 rings (SSSR count). The van der Waals surface area contributed by atoms with Crippen molar-refractivity contribution in [3.05, 3.63) is 35.1 Å². The summed E-state index contributed by atoms with van der Waals surface area (Å²) in [6, 6.07) is 4.60. The van der Waals surface area contributed by atoms with Crippen LogP contribution in [0, 0.1) is 24.6 Å². The number of hydrogen-bond acceptors (Lipinski definition) is 1. The maximum atomic E-state index is 13.0. The van der Waals surface area contributed by atoms with Crippen LogP contribution in [0.1, 0.15) is 31.9 Å². The Hall–Kier alpha value is -1.18. The first-order valence-corrected chi connectivity index (χ1v) is 5.69. The number of halogens is 1. The average molecular weight is 222 g/mol. The molecule has 1 unspecified atom stereocenters. The van der Waals surface area contributed by atoms with Gasteiger partial charge in [0.15, 0.2) is 0 Å². The summed E-state index contributed by atoms with van der Waals surface area (Å²) in [4.78, 5) is 11.9. The monoisotopic (exact) mass is 222 g/mol.